The maximum absolute atomic E-state index is 11.7. The highest BCUT2D eigenvalue weighted by Gasteiger charge is 2.06. The summed E-state index contributed by atoms with van der Waals surface area (Å²) < 4.78 is 0. The van der Waals surface area contributed by atoms with Crippen molar-refractivity contribution in [1.29, 1.82) is 0 Å². The second kappa shape index (κ2) is 10.2. The van der Waals surface area contributed by atoms with E-state index >= 15 is 0 Å². The minimum absolute atomic E-state index is 0.180. The second-order valence-electron chi connectivity index (χ2n) is 5.07. The first-order valence-corrected chi connectivity index (χ1v) is 7.61. The first kappa shape index (κ1) is 16.4. The van der Waals surface area contributed by atoms with Gasteiger partial charge in [0.1, 0.15) is 5.82 Å². The number of carbonyl (C=O) groups is 1. The molecule has 0 aliphatic carbocycles. The predicted molar refractivity (Wildman–Crippen MR) is 81.4 cm³/mol. The molecule has 0 bridgehead atoms. The molecule has 3 N–H and O–H groups in total. The fraction of sp³-hybridized carbons (Fsp3) is 0.667. The number of hydrogen-bond acceptors (Lipinski definition) is 4. The van der Waals surface area contributed by atoms with E-state index in [0.717, 1.165) is 6.42 Å². The minimum Gasteiger partial charge on any atom is -0.382 e. The van der Waals surface area contributed by atoms with E-state index in [1.165, 1.54) is 44.9 Å². The minimum atomic E-state index is -0.180. The lowest BCUT2D eigenvalue weighted by atomic mass is 10.1. The third-order valence-electron chi connectivity index (χ3n) is 3.23. The summed E-state index contributed by atoms with van der Waals surface area (Å²) in [5.74, 6) is 0.144. The van der Waals surface area contributed by atoms with Gasteiger partial charge in [0, 0.05) is 6.54 Å². The van der Waals surface area contributed by atoms with Gasteiger partial charge in [-0.05, 0) is 18.6 Å². The monoisotopic (exact) mass is 278 g/mol. The molecule has 0 spiro atoms. The molecule has 0 aromatic carbocycles. The molecule has 112 valence electrons. The van der Waals surface area contributed by atoms with Crippen LogP contribution in [0.25, 0.3) is 0 Å². The van der Waals surface area contributed by atoms with Crippen LogP contribution in [0.4, 0.5) is 5.82 Å². The van der Waals surface area contributed by atoms with E-state index in [4.69, 9.17) is 5.73 Å². The Kier molecular flexibility index (Phi) is 8.35. The Morgan fingerprint density at radius 1 is 1.05 bits per heavy atom. The number of anilines is 1. The molecule has 0 saturated heterocycles. The Morgan fingerprint density at radius 2 is 1.70 bits per heavy atom. The summed E-state index contributed by atoms with van der Waals surface area (Å²) in [7, 11) is 0. The van der Waals surface area contributed by atoms with E-state index < -0.39 is 0 Å². The Morgan fingerprint density at radius 3 is 2.30 bits per heavy atom. The number of carbonyl (C=O) groups excluding carboxylic acids is 1. The lowest BCUT2D eigenvalue weighted by Crippen LogP contribution is -2.25. The van der Waals surface area contributed by atoms with Gasteiger partial charge in [-0.15, -0.1) is 10.2 Å². The number of aromatic nitrogens is 2. The molecule has 5 heteroatoms. The molecular weight excluding hydrogens is 252 g/mol. The van der Waals surface area contributed by atoms with E-state index in [1.54, 1.807) is 12.1 Å². The van der Waals surface area contributed by atoms with Gasteiger partial charge in [-0.3, -0.25) is 4.79 Å². The van der Waals surface area contributed by atoms with E-state index in [-0.39, 0.29) is 5.91 Å². The fourth-order valence-corrected chi connectivity index (χ4v) is 2.02. The van der Waals surface area contributed by atoms with Gasteiger partial charge in [0.15, 0.2) is 5.69 Å². The molecule has 1 aromatic rings. The molecule has 5 nitrogen and oxygen atoms in total. The average Bonchev–Trinajstić information content (AvgIpc) is 2.46. The Bertz CT molecular complexity index is 378. The van der Waals surface area contributed by atoms with Crippen LogP contribution < -0.4 is 11.1 Å². The van der Waals surface area contributed by atoms with Crippen molar-refractivity contribution in [2.45, 2.75) is 58.3 Å². The van der Waals surface area contributed by atoms with Crippen molar-refractivity contribution in [3.63, 3.8) is 0 Å². The molecule has 1 rings (SSSR count). The van der Waals surface area contributed by atoms with Gasteiger partial charge >= 0.3 is 0 Å². The summed E-state index contributed by atoms with van der Waals surface area (Å²) in [5, 5.41) is 10.3. The molecule has 0 atom stereocenters. The molecule has 0 fully saturated rings. The molecule has 0 radical (unpaired) electrons. The standard InChI is InChI=1S/C15H26N4O/c1-2-3-4-5-6-7-8-9-12-17-15(20)13-10-11-14(16)19-18-13/h10-11H,2-9,12H2,1H3,(H2,16,19)(H,17,20). The van der Waals surface area contributed by atoms with Gasteiger partial charge in [-0.1, -0.05) is 51.9 Å². The van der Waals surface area contributed by atoms with Gasteiger partial charge in [-0.2, -0.15) is 0 Å². The maximum atomic E-state index is 11.7. The molecule has 1 heterocycles. The fourth-order valence-electron chi connectivity index (χ4n) is 2.02. The van der Waals surface area contributed by atoms with Crippen LogP contribution in [-0.2, 0) is 0 Å². The van der Waals surface area contributed by atoms with Crippen molar-refractivity contribution in [3.8, 4) is 0 Å². The number of rotatable bonds is 10. The second-order valence-corrected chi connectivity index (χ2v) is 5.07. The lowest BCUT2D eigenvalue weighted by molar-refractivity contribution is 0.0947. The first-order valence-electron chi connectivity index (χ1n) is 7.61. The predicted octanol–water partition coefficient (Wildman–Crippen LogP) is 2.93. The van der Waals surface area contributed by atoms with Crippen LogP contribution in [0.5, 0.6) is 0 Å². The van der Waals surface area contributed by atoms with Crippen LogP contribution in [0.3, 0.4) is 0 Å². The van der Waals surface area contributed by atoms with E-state index in [0.29, 0.717) is 18.1 Å². The van der Waals surface area contributed by atoms with Crippen molar-refractivity contribution < 1.29 is 4.79 Å². The number of nitrogens with one attached hydrogen (secondary N) is 1. The topological polar surface area (TPSA) is 80.9 Å². The van der Waals surface area contributed by atoms with Crippen molar-refractivity contribution in [3.05, 3.63) is 17.8 Å². The van der Waals surface area contributed by atoms with E-state index in [2.05, 4.69) is 22.4 Å². The number of nitrogens with zero attached hydrogens (tertiary/aromatic N) is 2. The van der Waals surface area contributed by atoms with Gasteiger partial charge in [0.05, 0.1) is 0 Å². The lowest BCUT2D eigenvalue weighted by Gasteiger charge is -2.04. The summed E-state index contributed by atoms with van der Waals surface area (Å²) in [6, 6.07) is 3.17. The molecule has 1 amide bonds. The molecule has 0 aliphatic rings. The zero-order chi connectivity index (χ0) is 14.6. The zero-order valence-electron chi connectivity index (χ0n) is 12.4. The van der Waals surface area contributed by atoms with Crippen LogP contribution in [0.1, 0.15) is 68.8 Å². The van der Waals surface area contributed by atoms with Gasteiger partial charge < -0.3 is 11.1 Å². The average molecular weight is 278 g/mol. The summed E-state index contributed by atoms with van der Waals surface area (Å²) >= 11 is 0. The van der Waals surface area contributed by atoms with E-state index in [9.17, 15) is 4.79 Å². The van der Waals surface area contributed by atoms with Gasteiger partial charge in [0.25, 0.3) is 5.91 Å². The third kappa shape index (κ3) is 7.07. The number of nitrogens with two attached hydrogens (primary N) is 1. The molecular formula is C15H26N4O. The number of hydrogen-bond donors (Lipinski definition) is 2. The van der Waals surface area contributed by atoms with Crippen LogP contribution >= 0.6 is 0 Å². The number of nitrogen functional groups attached to an aromatic ring is 1. The molecule has 1 aromatic heterocycles. The van der Waals surface area contributed by atoms with Crippen molar-refractivity contribution >= 4 is 11.7 Å². The largest absolute Gasteiger partial charge is 0.382 e. The molecule has 0 saturated carbocycles. The van der Waals surface area contributed by atoms with Crippen LogP contribution in [0.15, 0.2) is 12.1 Å². The molecule has 0 aliphatic heterocycles. The van der Waals surface area contributed by atoms with Crippen LogP contribution in [-0.4, -0.2) is 22.6 Å². The summed E-state index contributed by atoms with van der Waals surface area (Å²) in [6.07, 6.45) is 10.1. The van der Waals surface area contributed by atoms with Crippen molar-refractivity contribution in [1.82, 2.24) is 15.5 Å². The maximum Gasteiger partial charge on any atom is 0.271 e. The summed E-state index contributed by atoms with van der Waals surface area (Å²) in [5.41, 5.74) is 5.74. The van der Waals surface area contributed by atoms with E-state index in [1.807, 2.05) is 0 Å². The summed E-state index contributed by atoms with van der Waals surface area (Å²) in [4.78, 5) is 11.7. The molecule has 0 unspecified atom stereocenters. The Balaban J connectivity index is 2.01. The van der Waals surface area contributed by atoms with Crippen molar-refractivity contribution in [2.75, 3.05) is 12.3 Å². The Hall–Kier alpha value is -1.65. The normalized spacial score (nSPS) is 10.4. The Labute approximate surface area is 121 Å². The third-order valence-corrected chi connectivity index (χ3v) is 3.23. The van der Waals surface area contributed by atoms with Crippen LogP contribution in [0.2, 0.25) is 0 Å². The smallest absolute Gasteiger partial charge is 0.271 e. The molecule has 20 heavy (non-hydrogen) atoms. The summed E-state index contributed by atoms with van der Waals surface area (Å²) in [6.45, 7) is 2.92. The highest BCUT2D eigenvalue weighted by Crippen LogP contribution is 2.08. The number of unbranched alkanes of at least 4 members (excludes halogenated alkanes) is 7. The number of amides is 1. The quantitative estimate of drug-likeness (QED) is 0.645. The highest BCUT2D eigenvalue weighted by atomic mass is 16.1. The first-order chi connectivity index (χ1) is 9.74. The highest BCUT2D eigenvalue weighted by molar-refractivity contribution is 5.92. The van der Waals surface area contributed by atoms with Gasteiger partial charge in [0.2, 0.25) is 0 Å². The SMILES string of the molecule is CCCCCCCCCCNC(=O)c1ccc(N)nn1. The zero-order valence-corrected chi connectivity index (χ0v) is 12.4. The van der Waals surface area contributed by atoms with Crippen LogP contribution in [0, 0.1) is 0 Å². The van der Waals surface area contributed by atoms with Gasteiger partial charge in [-0.25, -0.2) is 0 Å². The van der Waals surface area contributed by atoms with Crippen molar-refractivity contribution in [2.24, 2.45) is 0 Å².